The van der Waals surface area contributed by atoms with Gasteiger partial charge in [-0.3, -0.25) is 4.79 Å². The van der Waals surface area contributed by atoms with Gasteiger partial charge in [-0.2, -0.15) is 0 Å². The van der Waals surface area contributed by atoms with Crippen molar-refractivity contribution in [2.24, 2.45) is 0 Å². The van der Waals surface area contributed by atoms with Crippen molar-refractivity contribution in [1.82, 2.24) is 0 Å². The molecule has 2 nitrogen and oxygen atoms in total. The van der Waals surface area contributed by atoms with Crippen LogP contribution in [0.15, 0.2) is 12.2 Å². The van der Waals surface area contributed by atoms with E-state index in [1.165, 1.54) is 0 Å². The summed E-state index contributed by atoms with van der Waals surface area (Å²) in [6.45, 7) is 10.6. The molecule has 0 N–H and O–H groups in total. The van der Waals surface area contributed by atoms with Crippen LogP contribution in [-0.2, 0) is 9.53 Å². The van der Waals surface area contributed by atoms with Crippen LogP contribution in [0.2, 0.25) is 25.2 Å². The van der Waals surface area contributed by atoms with Crippen LogP contribution < -0.4 is 0 Å². The monoisotopic (exact) mass is 198 g/mol. The number of allylic oxidation sites excluding steroid dienone is 1. The van der Waals surface area contributed by atoms with E-state index in [1.807, 2.05) is 26.0 Å². The second-order valence-electron chi connectivity index (χ2n) is 4.90. The largest absolute Gasteiger partial charge is 0.454 e. The molecular weight excluding hydrogens is 180 g/mol. The second kappa shape index (κ2) is 2.98. The molecule has 1 rings (SSSR count). The fourth-order valence-electron chi connectivity index (χ4n) is 2.19. The van der Waals surface area contributed by atoms with Crippen LogP contribution in [0, 0.1) is 0 Å². The molecule has 0 aromatic heterocycles. The minimum absolute atomic E-state index is 0.0141. The summed E-state index contributed by atoms with van der Waals surface area (Å²) in [4.78, 5) is 11.3. The van der Waals surface area contributed by atoms with Gasteiger partial charge in [-0.15, -0.1) is 0 Å². The number of hydrogen-bond acceptors (Lipinski definition) is 2. The van der Waals surface area contributed by atoms with Crippen molar-refractivity contribution in [1.29, 1.82) is 0 Å². The normalized spacial score (nSPS) is 34.5. The summed E-state index contributed by atoms with van der Waals surface area (Å²) < 4.78 is 5.22. The quantitative estimate of drug-likeness (QED) is 0.387. The number of carbonyl (C=O) groups excluding carboxylic acids is 1. The molecule has 0 amide bonds. The predicted octanol–water partition coefficient (Wildman–Crippen LogP) is 2.59. The number of esters is 1. The van der Waals surface area contributed by atoms with Gasteiger partial charge in [0.15, 0.2) is 0 Å². The highest BCUT2D eigenvalue weighted by atomic mass is 28.3. The van der Waals surface area contributed by atoms with E-state index in [1.54, 1.807) is 0 Å². The molecule has 1 heterocycles. The summed E-state index contributed by atoms with van der Waals surface area (Å²) in [6, 6.07) is 0. The summed E-state index contributed by atoms with van der Waals surface area (Å²) in [7, 11) is -1.44. The van der Waals surface area contributed by atoms with Crippen molar-refractivity contribution in [2.45, 2.75) is 44.6 Å². The van der Waals surface area contributed by atoms with Gasteiger partial charge in [0.25, 0.3) is 0 Å². The summed E-state index contributed by atoms with van der Waals surface area (Å²) in [6.07, 6.45) is 3.96. The van der Waals surface area contributed by atoms with Gasteiger partial charge in [-0.1, -0.05) is 25.7 Å². The number of cyclic esters (lactones) is 1. The van der Waals surface area contributed by atoms with E-state index < -0.39 is 8.07 Å². The molecule has 1 aliphatic rings. The first-order chi connectivity index (χ1) is 5.81. The van der Waals surface area contributed by atoms with E-state index in [0.29, 0.717) is 0 Å². The Labute approximate surface area is 81.0 Å². The maximum Gasteiger partial charge on any atom is 0.311 e. The van der Waals surface area contributed by atoms with Gasteiger partial charge in [0, 0.05) is 0 Å². The lowest BCUT2D eigenvalue weighted by Gasteiger charge is -2.48. The molecule has 0 aliphatic carbocycles. The molecule has 1 saturated heterocycles. The van der Waals surface area contributed by atoms with Gasteiger partial charge in [0.05, 0.1) is 13.6 Å². The number of rotatable bonds is 2. The Kier molecular flexibility index (Phi) is 2.41. The zero-order valence-electron chi connectivity index (χ0n) is 9.05. The molecule has 0 spiro atoms. The molecule has 2 atom stereocenters. The van der Waals surface area contributed by atoms with Crippen LogP contribution >= 0.6 is 0 Å². The molecule has 0 bridgehead atoms. The minimum Gasteiger partial charge on any atom is -0.454 e. The van der Waals surface area contributed by atoms with Crippen LogP contribution in [0.5, 0.6) is 0 Å². The Bertz CT molecular complexity index is 252. The number of hydrogen-bond donors (Lipinski definition) is 0. The number of ether oxygens (including phenoxy) is 1. The van der Waals surface area contributed by atoms with E-state index in [-0.39, 0.29) is 17.1 Å². The molecule has 1 aliphatic heterocycles. The minimum atomic E-state index is -1.44. The molecule has 3 heteroatoms. The predicted molar refractivity (Wildman–Crippen MR) is 56.4 cm³/mol. The fourth-order valence-corrected chi connectivity index (χ4v) is 4.83. The zero-order chi connectivity index (χ0) is 10.3. The average Bonchev–Trinajstić information content (AvgIpc) is 1.81. The van der Waals surface area contributed by atoms with Crippen LogP contribution in [0.3, 0.4) is 0 Å². The van der Waals surface area contributed by atoms with Crippen molar-refractivity contribution in [3.8, 4) is 0 Å². The van der Waals surface area contributed by atoms with Crippen molar-refractivity contribution >= 4 is 14.0 Å². The zero-order valence-corrected chi connectivity index (χ0v) is 10.0. The van der Waals surface area contributed by atoms with Gasteiger partial charge >= 0.3 is 5.97 Å². The van der Waals surface area contributed by atoms with Crippen LogP contribution in [0.25, 0.3) is 0 Å². The molecular formula is C10H18O2Si. The highest BCUT2D eigenvalue weighted by molar-refractivity contribution is 6.81. The van der Waals surface area contributed by atoms with Crippen molar-refractivity contribution in [2.75, 3.05) is 0 Å². The van der Waals surface area contributed by atoms with Gasteiger partial charge in [0.1, 0.15) is 5.60 Å². The number of carbonyl (C=O) groups is 1. The summed E-state index contributed by atoms with van der Waals surface area (Å²) in [5, 5.41) is 0. The third kappa shape index (κ3) is 1.70. The first kappa shape index (κ1) is 10.5. The van der Waals surface area contributed by atoms with Crippen molar-refractivity contribution in [3.05, 3.63) is 12.2 Å². The molecule has 13 heavy (non-hydrogen) atoms. The maximum atomic E-state index is 11.3. The van der Waals surface area contributed by atoms with E-state index in [4.69, 9.17) is 4.74 Å². The maximum absolute atomic E-state index is 11.3. The molecule has 74 valence electrons. The Balaban J connectivity index is 2.89. The lowest BCUT2D eigenvalue weighted by molar-refractivity contribution is -0.179. The molecule has 0 radical (unpaired) electrons. The summed E-state index contributed by atoms with van der Waals surface area (Å²) >= 11 is 0. The third-order valence-electron chi connectivity index (χ3n) is 2.49. The Morgan fingerprint density at radius 2 is 2.00 bits per heavy atom. The lowest BCUT2D eigenvalue weighted by atomic mass is 9.95. The fraction of sp³-hybridized carbons (Fsp3) is 0.700. The Morgan fingerprint density at radius 3 is 2.31 bits per heavy atom. The molecule has 1 fully saturated rings. The van der Waals surface area contributed by atoms with E-state index in [9.17, 15) is 4.79 Å². The SMILES string of the molecule is C/C=C/C1(C)OC(=O)C1[Si](C)(C)C. The van der Waals surface area contributed by atoms with Crippen LogP contribution in [0.4, 0.5) is 0 Å². The third-order valence-corrected chi connectivity index (χ3v) is 5.03. The first-order valence-corrected chi connectivity index (χ1v) is 8.26. The smallest absolute Gasteiger partial charge is 0.311 e. The van der Waals surface area contributed by atoms with Crippen molar-refractivity contribution in [3.63, 3.8) is 0 Å². The van der Waals surface area contributed by atoms with Gasteiger partial charge in [-0.25, -0.2) is 0 Å². The van der Waals surface area contributed by atoms with Gasteiger partial charge < -0.3 is 4.74 Å². The molecule has 0 saturated carbocycles. The summed E-state index contributed by atoms with van der Waals surface area (Å²) in [5.41, 5.74) is -0.202. The standard InChI is InChI=1S/C10H18O2Si/c1-6-7-10(2)8(9(11)12-10)13(3,4)5/h6-8H,1-5H3/b7-6+. The first-order valence-electron chi connectivity index (χ1n) is 4.68. The Morgan fingerprint density at radius 1 is 1.46 bits per heavy atom. The summed E-state index contributed by atoms with van der Waals surface area (Å²) in [5.74, 6) is -0.0141. The van der Waals surface area contributed by atoms with Gasteiger partial charge in [0.2, 0.25) is 0 Å². The van der Waals surface area contributed by atoms with Gasteiger partial charge in [-0.05, 0) is 19.9 Å². The topological polar surface area (TPSA) is 26.3 Å². The highest BCUT2D eigenvalue weighted by Gasteiger charge is 2.57. The van der Waals surface area contributed by atoms with E-state index in [0.717, 1.165) is 0 Å². The van der Waals surface area contributed by atoms with Crippen LogP contribution in [-0.4, -0.2) is 19.6 Å². The van der Waals surface area contributed by atoms with Crippen LogP contribution in [0.1, 0.15) is 13.8 Å². The van der Waals surface area contributed by atoms with E-state index >= 15 is 0 Å². The lowest BCUT2D eigenvalue weighted by Crippen LogP contribution is -2.59. The molecule has 0 aromatic carbocycles. The molecule has 0 aromatic rings. The second-order valence-corrected chi connectivity index (χ2v) is 10.2. The average molecular weight is 198 g/mol. The highest BCUT2D eigenvalue weighted by Crippen LogP contribution is 2.46. The van der Waals surface area contributed by atoms with Crippen molar-refractivity contribution < 1.29 is 9.53 Å². The Hall–Kier alpha value is -0.573. The molecule has 2 unspecified atom stereocenters. The van der Waals surface area contributed by atoms with E-state index in [2.05, 4.69) is 19.6 Å².